The minimum absolute atomic E-state index is 0.00355. The number of esters is 2. The largest absolute Gasteiger partial charge is 0.469 e. The van der Waals surface area contributed by atoms with Gasteiger partial charge in [-0.1, -0.05) is 44.2 Å². The van der Waals surface area contributed by atoms with Crippen molar-refractivity contribution in [2.75, 3.05) is 13.7 Å². The normalized spacial score (nSPS) is 24.9. The van der Waals surface area contributed by atoms with Crippen molar-refractivity contribution in [3.05, 3.63) is 35.9 Å². The van der Waals surface area contributed by atoms with Crippen LogP contribution in [0.15, 0.2) is 30.3 Å². The monoisotopic (exact) mass is 305 g/mol. The third-order valence-corrected chi connectivity index (χ3v) is 4.32. The van der Waals surface area contributed by atoms with Gasteiger partial charge in [-0.2, -0.15) is 0 Å². The quantitative estimate of drug-likeness (QED) is 0.845. The van der Waals surface area contributed by atoms with Crippen LogP contribution in [0.4, 0.5) is 0 Å². The van der Waals surface area contributed by atoms with Gasteiger partial charge in [0.2, 0.25) is 0 Å². The van der Waals surface area contributed by atoms with Gasteiger partial charge < -0.3 is 9.47 Å². The Hall–Kier alpha value is -1.88. The Morgan fingerprint density at radius 3 is 2.68 bits per heavy atom. The van der Waals surface area contributed by atoms with Crippen LogP contribution in [-0.4, -0.2) is 31.2 Å². The van der Waals surface area contributed by atoms with Gasteiger partial charge in [-0.05, 0) is 17.9 Å². The predicted octanol–water partition coefficient (Wildman–Crippen LogP) is 2.22. The van der Waals surface area contributed by atoms with E-state index in [2.05, 4.69) is 5.32 Å². The first-order chi connectivity index (χ1) is 10.5. The molecule has 1 saturated heterocycles. The molecule has 120 valence electrons. The average Bonchev–Trinajstić information content (AvgIpc) is 2.54. The highest BCUT2D eigenvalue weighted by Gasteiger charge is 2.47. The summed E-state index contributed by atoms with van der Waals surface area (Å²) in [4.78, 5) is 23.9. The molecule has 5 nitrogen and oxygen atoms in total. The highest BCUT2D eigenvalue weighted by atomic mass is 16.5. The highest BCUT2D eigenvalue weighted by molar-refractivity contribution is 5.83. The number of cyclic esters (lactones) is 1. The number of methoxy groups -OCH3 is 1. The van der Waals surface area contributed by atoms with Crippen LogP contribution in [-0.2, 0) is 19.1 Å². The molecule has 2 atom stereocenters. The first kappa shape index (κ1) is 16.5. The molecular formula is C17H23NO4. The highest BCUT2D eigenvalue weighted by Crippen LogP contribution is 2.32. The molecule has 0 amide bonds. The van der Waals surface area contributed by atoms with Gasteiger partial charge >= 0.3 is 11.9 Å². The fourth-order valence-electron chi connectivity index (χ4n) is 2.83. The van der Waals surface area contributed by atoms with E-state index in [1.807, 2.05) is 44.2 Å². The van der Waals surface area contributed by atoms with E-state index in [4.69, 9.17) is 9.47 Å². The molecule has 5 heteroatoms. The van der Waals surface area contributed by atoms with Crippen LogP contribution < -0.4 is 5.32 Å². The Bertz CT molecular complexity index is 529. The first-order valence-corrected chi connectivity index (χ1v) is 7.56. The molecule has 0 saturated carbocycles. The van der Waals surface area contributed by atoms with Gasteiger partial charge in [0.25, 0.3) is 0 Å². The van der Waals surface area contributed by atoms with Gasteiger partial charge in [-0.25, -0.2) is 0 Å². The maximum Gasteiger partial charge on any atom is 0.326 e. The second-order valence-corrected chi connectivity index (χ2v) is 5.91. The SMILES string of the molecule is COC(=O)CC[C@@]1(C(C)C)N[C@@H](c2ccccc2)COC1=O. The Morgan fingerprint density at radius 1 is 1.41 bits per heavy atom. The van der Waals surface area contributed by atoms with Crippen LogP contribution in [0.2, 0.25) is 0 Å². The second-order valence-electron chi connectivity index (χ2n) is 5.91. The lowest BCUT2D eigenvalue weighted by Crippen LogP contribution is -2.62. The summed E-state index contributed by atoms with van der Waals surface area (Å²) in [5, 5.41) is 3.43. The lowest BCUT2D eigenvalue weighted by molar-refractivity contribution is -0.163. The van der Waals surface area contributed by atoms with Crippen molar-refractivity contribution in [2.24, 2.45) is 5.92 Å². The number of benzene rings is 1. The van der Waals surface area contributed by atoms with Crippen molar-refractivity contribution in [3.63, 3.8) is 0 Å². The van der Waals surface area contributed by atoms with Gasteiger partial charge in [0, 0.05) is 6.42 Å². The van der Waals surface area contributed by atoms with Crippen molar-refractivity contribution in [1.82, 2.24) is 5.32 Å². The summed E-state index contributed by atoms with van der Waals surface area (Å²) in [6.07, 6.45) is 0.539. The number of rotatable bonds is 5. The number of morpholine rings is 1. The average molecular weight is 305 g/mol. The van der Waals surface area contributed by atoms with Gasteiger partial charge in [0.05, 0.1) is 13.2 Å². The molecule has 1 aromatic carbocycles. The third kappa shape index (κ3) is 3.30. The van der Waals surface area contributed by atoms with Gasteiger partial charge in [0.15, 0.2) is 0 Å². The summed E-state index contributed by atoms with van der Waals surface area (Å²) >= 11 is 0. The Kier molecular flexibility index (Phi) is 5.19. The summed E-state index contributed by atoms with van der Waals surface area (Å²) < 4.78 is 10.1. The molecule has 1 N–H and O–H groups in total. The van der Waals surface area contributed by atoms with E-state index in [0.29, 0.717) is 13.0 Å². The predicted molar refractivity (Wildman–Crippen MR) is 82.1 cm³/mol. The van der Waals surface area contributed by atoms with Gasteiger partial charge in [-0.3, -0.25) is 14.9 Å². The van der Waals surface area contributed by atoms with Crippen LogP contribution in [0.1, 0.15) is 38.3 Å². The Balaban J connectivity index is 2.22. The number of carbonyl (C=O) groups is 2. The van der Waals surface area contributed by atoms with E-state index in [1.165, 1.54) is 7.11 Å². The smallest absolute Gasteiger partial charge is 0.326 e. The summed E-state index contributed by atoms with van der Waals surface area (Å²) in [6, 6.07) is 9.80. The van der Waals surface area contributed by atoms with Crippen molar-refractivity contribution < 1.29 is 19.1 Å². The second kappa shape index (κ2) is 6.92. The number of hydrogen-bond donors (Lipinski definition) is 1. The number of carbonyl (C=O) groups excluding carboxylic acids is 2. The van der Waals surface area contributed by atoms with Crippen LogP contribution in [0, 0.1) is 5.92 Å². The lowest BCUT2D eigenvalue weighted by Gasteiger charge is -2.43. The van der Waals surface area contributed by atoms with E-state index >= 15 is 0 Å². The molecule has 1 aliphatic rings. The van der Waals surface area contributed by atoms with Crippen LogP contribution in [0.25, 0.3) is 0 Å². The van der Waals surface area contributed by atoms with Crippen molar-refractivity contribution in [1.29, 1.82) is 0 Å². The number of hydrogen-bond acceptors (Lipinski definition) is 5. The van der Waals surface area contributed by atoms with Crippen LogP contribution in [0.3, 0.4) is 0 Å². The summed E-state index contributed by atoms with van der Waals surface area (Å²) in [5.41, 5.74) is 0.200. The molecule has 1 heterocycles. The molecule has 1 aromatic rings. The molecule has 0 aromatic heterocycles. The van der Waals surface area contributed by atoms with E-state index in [-0.39, 0.29) is 30.3 Å². The molecule has 1 fully saturated rings. The van der Waals surface area contributed by atoms with Crippen LogP contribution in [0.5, 0.6) is 0 Å². The number of ether oxygens (including phenoxy) is 2. The minimum Gasteiger partial charge on any atom is -0.469 e. The minimum atomic E-state index is -0.868. The Morgan fingerprint density at radius 2 is 2.09 bits per heavy atom. The zero-order valence-electron chi connectivity index (χ0n) is 13.3. The van der Waals surface area contributed by atoms with Crippen molar-refractivity contribution in [2.45, 2.75) is 38.3 Å². The van der Waals surface area contributed by atoms with E-state index < -0.39 is 5.54 Å². The maximum atomic E-state index is 12.4. The summed E-state index contributed by atoms with van der Waals surface area (Å²) in [5.74, 6) is -0.619. The van der Waals surface area contributed by atoms with E-state index in [1.54, 1.807) is 0 Å². The molecule has 22 heavy (non-hydrogen) atoms. The zero-order valence-corrected chi connectivity index (χ0v) is 13.3. The fraction of sp³-hybridized carbons (Fsp3) is 0.529. The zero-order chi connectivity index (χ0) is 16.2. The molecule has 0 aliphatic carbocycles. The molecular weight excluding hydrogens is 282 g/mol. The number of nitrogens with one attached hydrogen (secondary N) is 1. The topological polar surface area (TPSA) is 64.6 Å². The molecule has 1 aliphatic heterocycles. The maximum absolute atomic E-state index is 12.4. The lowest BCUT2D eigenvalue weighted by atomic mass is 9.80. The van der Waals surface area contributed by atoms with E-state index in [0.717, 1.165) is 5.56 Å². The first-order valence-electron chi connectivity index (χ1n) is 7.56. The summed E-state index contributed by atoms with van der Waals surface area (Å²) in [6.45, 7) is 4.22. The van der Waals surface area contributed by atoms with Gasteiger partial charge in [-0.15, -0.1) is 0 Å². The van der Waals surface area contributed by atoms with E-state index in [9.17, 15) is 9.59 Å². The standard InChI is InChI=1S/C17H23NO4/c1-12(2)17(10-9-15(19)21-3)16(20)22-11-14(18-17)13-7-5-4-6-8-13/h4-8,12,14,18H,9-11H2,1-3H3/t14-,17+/m1/s1. The van der Waals surface area contributed by atoms with Gasteiger partial charge in [0.1, 0.15) is 12.1 Å². The summed E-state index contributed by atoms with van der Waals surface area (Å²) in [7, 11) is 1.35. The third-order valence-electron chi connectivity index (χ3n) is 4.32. The molecule has 0 bridgehead atoms. The van der Waals surface area contributed by atoms with Crippen LogP contribution >= 0.6 is 0 Å². The fourth-order valence-corrected chi connectivity index (χ4v) is 2.83. The Labute approximate surface area is 131 Å². The molecule has 0 spiro atoms. The molecule has 2 rings (SSSR count). The van der Waals surface area contributed by atoms with Crippen molar-refractivity contribution >= 4 is 11.9 Å². The molecule has 0 unspecified atom stereocenters. The van der Waals surface area contributed by atoms with Crippen molar-refractivity contribution in [3.8, 4) is 0 Å². The molecule has 0 radical (unpaired) electrons.